The van der Waals surface area contributed by atoms with Gasteiger partial charge in [0.05, 0.1) is 41.8 Å². The smallest absolute Gasteiger partial charge is 0.234 e. The number of hydrogen-bond acceptors (Lipinski definition) is 10. The number of hydrogen-bond donors (Lipinski definition) is 4. The topological polar surface area (TPSA) is 137 Å². The van der Waals surface area contributed by atoms with Crippen molar-refractivity contribution in [3.05, 3.63) is 23.4 Å². The van der Waals surface area contributed by atoms with Crippen molar-refractivity contribution >= 4 is 28.9 Å². The lowest BCUT2D eigenvalue weighted by atomic mass is 9.99. The summed E-state index contributed by atoms with van der Waals surface area (Å²) in [5, 5.41) is 12.0. The van der Waals surface area contributed by atoms with E-state index in [9.17, 15) is 9.70 Å². The van der Waals surface area contributed by atoms with Crippen molar-refractivity contribution in [2.75, 3.05) is 63.7 Å². The summed E-state index contributed by atoms with van der Waals surface area (Å²) in [5.74, 6) is -1.33. The largest absolute Gasteiger partial charge is 0.383 e. The number of likely N-dealkylation sites (N-methyl/N-ethyl adjacent to an activating group) is 1. The van der Waals surface area contributed by atoms with E-state index >= 15 is 0 Å². The number of nitrogens with two attached hydrogens (primary N) is 1. The van der Waals surface area contributed by atoms with Gasteiger partial charge in [-0.05, 0) is 13.1 Å². The minimum atomic E-state index is -1.22. The quantitative estimate of drug-likeness (QED) is 0.305. The van der Waals surface area contributed by atoms with E-state index in [0.717, 1.165) is 25.3 Å². The van der Waals surface area contributed by atoms with Gasteiger partial charge in [-0.1, -0.05) is 5.18 Å². The van der Waals surface area contributed by atoms with E-state index in [1.807, 2.05) is 6.07 Å². The van der Waals surface area contributed by atoms with Gasteiger partial charge in [0.1, 0.15) is 5.92 Å². The lowest BCUT2D eigenvalue weighted by Gasteiger charge is -2.41. The van der Waals surface area contributed by atoms with Crippen molar-refractivity contribution in [1.29, 1.82) is 0 Å². The van der Waals surface area contributed by atoms with Crippen molar-refractivity contribution < 1.29 is 9.53 Å². The highest BCUT2D eigenvalue weighted by atomic mass is 35.5. The van der Waals surface area contributed by atoms with Crippen LogP contribution in [0.15, 0.2) is 23.6 Å². The summed E-state index contributed by atoms with van der Waals surface area (Å²) in [5.41, 5.74) is 7.30. The van der Waals surface area contributed by atoms with Crippen LogP contribution in [0.3, 0.4) is 0 Å². The summed E-state index contributed by atoms with van der Waals surface area (Å²) in [6, 6.07) is 2.10. The molecule has 1 aromatic rings. The number of amides is 1. The van der Waals surface area contributed by atoms with E-state index in [-0.39, 0.29) is 11.4 Å². The summed E-state index contributed by atoms with van der Waals surface area (Å²) in [6.45, 7) is 4.01. The predicted molar refractivity (Wildman–Crippen MR) is 120 cm³/mol. The first kappa shape index (κ1) is 23.8. The summed E-state index contributed by atoms with van der Waals surface area (Å²) in [7, 11) is 3.76. The molecule has 2 saturated heterocycles. The van der Waals surface area contributed by atoms with Crippen LogP contribution < -0.4 is 26.6 Å². The third kappa shape index (κ3) is 5.88. The minimum absolute atomic E-state index is 0.109. The molecule has 31 heavy (non-hydrogen) atoms. The first-order chi connectivity index (χ1) is 14.9. The monoisotopic (exact) mass is 454 g/mol. The van der Waals surface area contributed by atoms with Crippen LogP contribution in [-0.4, -0.2) is 93.0 Å². The third-order valence-electron chi connectivity index (χ3n) is 5.80. The zero-order valence-corrected chi connectivity index (χ0v) is 18.6. The summed E-state index contributed by atoms with van der Waals surface area (Å²) < 4.78 is 5.35. The maximum atomic E-state index is 13.2. The second kappa shape index (κ2) is 11.1. The number of anilines is 2. The highest BCUT2D eigenvalue weighted by molar-refractivity contribution is 6.21. The van der Waals surface area contributed by atoms with Crippen LogP contribution in [-0.2, 0) is 9.53 Å². The molecule has 12 heteroatoms. The average molecular weight is 455 g/mol. The van der Waals surface area contributed by atoms with E-state index in [2.05, 4.69) is 43.0 Å². The Kier molecular flexibility index (Phi) is 8.52. The van der Waals surface area contributed by atoms with Crippen molar-refractivity contribution in [3.8, 4) is 0 Å². The first-order valence-corrected chi connectivity index (χ1v) is 10.8. The Balaban J connectivity index is 1.77. The van der Waals surface area contributed by atoms with Crippen molar-refractivity contribution in [2.45, 2.75) is 23.8 Å². The van der Waals surface area contributed by atoms with Gasteiger partial charge in [0.15, 0.2) is 6.17 Å². The molecule has 0 radical (unpaired) electrons. The van der Waals surface area contributed by atoms with Gasteiger partial charge in [0.2, 0.25) is 5.91 Å². The molecule has 3 rings (SSSR count). The molecule has 3 heterocycles. The molecular weight excluding hydrogens is 424 g/mol. The number of halogens is 1. The molecule has 11 nitrogen and oxygen atoms in total. The standard InChI is InChI=1S/C19H31ClN8O3/c1-27-5-6-28(10-13(27)11-31-2)15-3-4-22-9-14(15)25-19(29)16(17(21)26-30)18-23-7-12(20)8-24-18/h3-4,9,12-13,16-18,23-24H,5-8,10-11,21H2,1-2H3,(H,25,29). The molecular formula is C19H31ClN8O3. The van der Waals surface area contributed by atoms with Crippen LogP contribution >= 0.6 is 11.6 Å². The number of carbonyl (C=O) groups is 1. The Hall–Kier alpha value is -1.89. The van der Waals surface area contributed by atoms with Gasteiger partial charge in [-0.3, -0.25) is 25.3 Å². The fourth-order valence-corrected chi connectivity index (χ4v) is 4.17. The van der Waals surface area contributed by atoms with Crippen LogP contribution in [0.5, 0.6) is 0 Å². The van der Waals surface area contributed by atoms with Crippen LogP contribution in [0.25, 0.3) is 0 Å². The summed E-state index contributed by atoms with van der Waals surface area (Å²) in [4.78, 5) is 33.0. The number of nitrogens with one attached hydrogen (secondary N) is 3. The van der Waals surface area contributed by atoms with Gasteiger partial charge >= 0.3 is 0 Å². The fraction of sp³-hybridized carbons (Fsp3) is 0.684. The number of nitrogens with zero attached hydrogens (tertiary/aromatic N) is 4. The molecule has 2 fully saturated rings. The van der Waals surface area contributed by atoms with Gasteiger partial charge in [0.25, 0.3) is 0 Å². The number of nitroso groups, excluding NO2 is 1. The van der Waals surface area contributed by atoms with Gasteiger partial charge in [-0.25, -0.2) is 0 Å². The normalized spacial score (nSPS) is 26.8. The summed E-state index contributed by atoms with van der Waals surface area (Å²) >= 11 is 6.09. The third-order valence-corrected chi connectivity index (χ3v) is 6.11. The van der Waals surface area contributed by atoms with E-state index in [0.29, 0.717) is 25.4 Å². The van der Waals surface area contributed by atoms with E-state index < -0.39 is 24.2 Å². The Morgan fingerprint density at radius 1 is 1.45 bits per heavy atom. The second-order valence-electron chi connectivity index (χ2n) is 7.93. The van der Waals surface area contributed by atoms with Crippen LogP contribution in [0.1, 0.15) is 0 Å². The SMILES string of the molecule is COCC1CN(c2ccncc2NC(=O)C(C(N)N=O)C2NCC(Cl)CN2)CCN1C. The first-order valence-electron chi connectivity index (χ1n) is 10.3. The highest BCUT2D eigenvalue weighted by Crippen LogP contribution is 2.28. The Labute approximate surface area is 187 Å². The average Bonchev–Trinajstić information content (AvgIpc) is 2.77. The number of methoxy groups -OCH3 is 1. The molecule has 1 aromatic heterocycles. The van der Waals surface area contributed by atoms with E-state index in [1.54, 1.807) is 19.5 Å². The predicted octanol–water partition coefficient (Wildman–Crippen LogP) is -0.419. The molecule has 2 aliphatic rings. The highest BCUT2D eigenvalue weighted by Gasteiger charge is 2.37. The van der Waals surface area contributed by atoms with E-state index in [1.165, 1.54) is 0 Å². The molecule has 1 amide bonds. The maximum Gasteiger partial charge on any atom is 0.234 e. The molecule has 0 bridgehead atoms. The molecule has 2 aliphatic heterocycles. The number of piperazine rings is 1. The molecule has 3 unspecified atom stereocenters. The number of pyridine rings is 1. The van der Waals surface area contributed by atoms with Gasteiger partial charge in [0, 0.05) is 46.0 Å². The zero-order chi connectivity index (χ0) is 22.4. The van der Waals surface area contributed by atoms with Crippen molar-refractivity contribution in [2.24, 2.45) is 16.8 Å². The Morgan fingerprint density at radius 3 is 2.87 bits per heavy atom. The lowest BCUT2D eigenvalue weighted by Crippen LogP contribution is -2.62. The number of aromatic nitrogens is 1. The van der Waals surface area contributed by atoms with Crippen molar-refractivity contribution in [1.82, 2.24) is 20.5 Å². The number of alkyl halides is 1. The molecule has 0 aromatic carbocycles. The maximum absolute atomic E-state index is 13.2. The molecule has 172 valence electrons. The van der Waals surface area contributed by atoms with Gasteiger partial charge in [-0.2, -0.15) is 0 Å². The number of rotatable bonds is 8. The molecule has 3 atom stereocenters. The van der Waals surface area contributed by atoms with E-state index in [4.69, 9.17) is 22.1 Å². The van der Waals surface area contributed by atoms with Gasteiger partial charge < -0.3 is 20.7 Å². The minimum Gasteiger partial charge on any atom is -0.383 e. The molecule has 0 spiro atoms. The Morgan fingerprint density at radius 2 is 2.19 bits per heavy atom. The molecule has 5 N–H and O–H groups in total. The van der Waals surface area contributed by atoms with Crippen LogP contribution in [0.4, 0.5) is 11.4 Å². The van der Waals surface area contributed by atoms with Gasteiger partial charge in [-0.15, -0.1) is 16.5 Å². The molecule has 0 aliphatic carbocycles. The van der Waals surface area contributed by atoms with Crippen LogP contribution in [0.2, 0.25) is 0 Å². The van der Waals surface area contributed by atoms with Crippen LogP contribution in [0, 0.1) is 10.8 Å². The molecule has 0 saturated carbocycles. The lowest BCUT2D eigenvalue weighted by molar-refractivity contribution is -0.121. The Bertz CT molecular complexity index is 749. The number of carbonyl (C=O) groups excluding carboxylic acids is 1. The fourth-order valence-electron chi connectivity index (χ4n) is 3.99. The second-order valence-corrected chi connectivity index (χ2v) is 8.55. The summed E-state index contributed by atoms with van der Waals surface area (Å²) in [6.07, 6.45) is 1.56. The van der Waals surface area contributed by atoms with Crippen molar-refractivity contribution in [3.63, 3.8) is 0 Å². The number of ether oxygens (including phenoxy) is 1. The zero-order valence-electron chi connectivity index (χ0n) is 17.8.